The van der Waals surface area contributed by atoms with Gasteiger partial charge in [-0.2, -0.15) is 10.5 Å². The van der Waals surface area contributed by atoms with Crippen molar-refractivity contribution in [1.82, 2.24) is 0 Å². The van der Waals surface area contributed by atoms with Crippen molar-refractivity contribution >= 4 is 38.8 Å². The van der Waals surface area contributed by atoms with Crippen LogP contribution in [0.25, 0.3) is 0 Å². The lowest BCUT2D eigenvalue weighted by molar-refractivity contribution is -0.116. The predicted octanol–water partition coefficient (Wildman–Crippen LogP) is 4.28. The zero-order chi connectivity index (χ0) is 23.7. The molecule has 0 radical (unpaired) electrons. The highest BCUT2D eigenvalue weighted by molar-refractivity contribution is 7.92. The van der Waals surface area contributed by atoms with Crippen LogP contribution in [0, 0.1) is 22.7 Å². The Morgan fingerprint density at radius 1 is 1.00 bits per heavy atom. The molecule has 0 saturated carbocycles. The number of nitrogens with zero attached hydrogens (tertiary/aromatic N) is 2. The molecular weight excluding hydrogens is 448 g/mol. The molecule has 0 aliphatic heterocycles. The first-order valence-corrected chi connectivity index (χ1v) is 11.1. The quantitative estimate of drug-likeness (QED) is 0.538. The Morgan fingerprint density at radius 2 is 1.62 bits per heavy atom. The van der Waals surface area contributed by atoms with Gasteiger partial charge in [-0.15, -0.1) is 0 Å². The lowest BCUT2D eigenvalue weighted by Crippen LogP contribution is -2.14. The van der Waals surface area contributed by atoms with Crippen molar-refractivity contribution in [2.45, 2.75) is 18.2 Å². The van der Waals surface area contributed by atoms with E-state index in [4.69, 9.17) is 27.9 Å². The van der Waals surface area contributed by atoms with Crippen LogP contribution in [0.4, 0.5) is 11.4 Å². The van der Waals surface area contributed by atoms with Crippen molar-refractivity contribution in [3.05, 3.63) is 88.4 Å². The van der Waals surface area contributed by atoms with Crippen LogP contribution < -0.4 is 10.5 Å². The molecule has 0 aliphatic carbocycles. The normalized spacial score (nSPS) is 10.1. The number of hydrogen-bond donors (Lipinski definition) is 2. The Morgan fingerprint density at radius 3 is 2.19 bits per heavy atom. The first-order chi connectivity index (χ1) is 15.1. The van der Waals surface area contributed by atoms with Crippen LogP contribution in [0.3, 0.4) is 0 Å². The number of anilines is 2. The van der Waals surface area contributed by atoms with Crippen LogP contribution in [0.5, 0.6) is 0 Å². The molecule has 162 valence electrons. The number of ketones is 1. The summed E-state index contributed by atoms with van der Waals surface area (Å²) in [6.07, 6.45) is 0.129. The third kappa shape index (κ3) is 7.13. The number of rotatable bonds is 5. The van der Waals surface area contributed by atoms with E-state index in [1.165, 1.54) is 31.2 Å². The summed E-state index contributed by atoms with van der Waals surface area (Å²) in [5.74, 6) is -0.0784. The number of carbonyl (C=O) groups is 1. The molecule has 0 atom stereocenters. The van der Waals surface area contributed by atoms with E-state index in [0.29, 0.717) is 22.4 Å². The number of hydrogen-bond acceptors (Lipinski definition) is 6. The number of Topliss-reactive ketones (excluding diaryl/α,β-unsaturated/α-hetero) is 1. The van der Waals surface area contributed by atoms with Gasteiger partial charge < -0.3 is 5.73 Å². The van der Waals surface area contributed by atoms with E-state index in [0.717, 1.165) is 0 Å². The van der Waals surface area contributed by atoms with Gasteiger partial charge in [-0.25, -0.2) is 8.42 Å². The summed E-state index contributed by atoms with van der Waals surface area (Å²) in [5, 5.41) is 17.3. The zero-order valence-electron chi connectivity index (χ0n) is 17.0. The number of nitrogens with two attached hydrogens (primary N) is 1. The van der Waals surface area contributed by atoms with E-state index in [1.807, 2.05) is 12.1 Å². The predicted molar refractivity (Wildman–Crippen MR) is 123 cm³/mol. The number of nitrogen functional groups attached to an aromatic ring is 1. The minimum atomic E-state index is -3.93. The van der Waals surface area contributed by atoms with Crippen LogP contribution >= 0.6 is 11.6 Å². The van der Waals surface area contributed by atoms with Crippen molar-refractivity contribution in [2.24, 2.45) is 0 Å². The molecule has 3 aromatic carbocycles. The molecule has 0 saturated heterocycles. The monoisotopic (exact) mass is 466 g/mol. The lowest BCUT2D eigenvalue weighted by atomic mass is 10.1. The molecule has 0 aromatic heterocycles. The number of nitriles is 2. The van der Waals surface area contributed by atoms with Crippen LogP contribution in [0.15, 0.2) is 71.6 Å². The molecule has 0 spiro atoms. The highest BCUT2D eigenvalue weighted by Crippen LogP contribution is 2.25. The Hall–Kier alpha value is -3.85. The van der Waals surface area contributed by atoms with Gasteiger partial charge in [0, 0.05) is 12.1 Å². The number of carbonyl (C=O) groups excluding carboxylic acids is 1. The molecule has 0 heterocycles. The average molecular weight is 467 g/mol. The summed E-state index contributed by atoms with van der Waals surface area (Å²) in [6, 6.07) is 21.3. The summed E-state index contributed by atoms with van der Waals surface area (Å²) < 4.78 is 27.4. The first kappa shape index (κ1) is 24.4. The molecule has 3 aromatic rings. The second-order valence-electron chi connectivity index (χ2n) is 6.68. The minimum absolute atomic E-state index is 0.0567. The summed E-state index contributed by atoms with van der Waals surface area (Å²) in [7, 11) is -3.93. The van der Waals surface area contributed by atoms with Crippen LogP contribution in [-0.2, 0) is 21.2 Å². The molecule has 0 fully saturated rings. The number of sulfonamides is 1. The molecule has 0 bridgehead atoms. The van der Waals surface area contributed by atoms with E-state index in [9.17, 15) is 13.2 Å². The summed E-state index contributed by atoms with van der Waals surface area (Å²) in [6.45, 7) is 1.43. The van der Waals surface area contributed by atoms with E-state index >= 15 is 0 Å². The third-order valence-electron chi connectivity index (χ3n) is 4.00. The topological polar surface area (TPSA) is 137 Å². The van der Waals surface area contributed by atoms with Gasteiger partial charge in [0.15, 0.2) is 0 Å². The molecule has 7 nitrogen and oxygen atoms in total. The highest BCUT2D eigenvalue weighted by atomic mass is 35.5. The molecule has 3 rings (SSSR count). The summed E-state index contributed by atoms with van der Waals surface area (Å²) in [4.78, 5) is 11.1. The molecule has 0 aliphatic rings. The molecule has 0 amide bonds. The maximum absolute atomic E-state index is 12.5. The van der Waals surface area contributed by atoms with Gasteiger partial charge in [0.05, 0.1) is 34.0 Å². The van der Waals surface area contributed by atoms with Crippen molar-refractivity contribution in [3.8, 4) is 12.1 Å². The standard InChI is InChI=1S/C16H13ClN2O3S.C7H6N2/c1-11(20)7-12-5-6-15(17)16(9-12)23(21,22)19-14-4-2-3-13(8-14)10-18;8-5-6-2-1-3-7(9)4-6/h2-6,8-9,19H,7H2,1H3;1-4H,9H2. The third-order valence-corrected chi connectivity index (χ3v) is 5.86. The van der Waals surface area contributed by atoms with Gasteiger partial charge >= 0.3 is 0 Å². The second kappa shape index (κ2) is 11.0. The summed E-state index contributed by atoms with van der Waals surface area (Å²) >= 11 is 5.99. The van der Waals surface area contributed by atoms with Crippen molar-refractivity contribution in [3.63, 3.8) is 0 Å². The Labute approximate surface area is 191 Å². The van der Waals surface area contributed by atoms with Gasteiger partial charge in [-0.05, 0) is 61.0 Å². The van der Waals surface area contributed by atoms with Crippen molar-refractivity contribution in [1.29, 1.82) is 10.5 Å². The Bertz CT molecular complexity index is 1330. The number of nitrogens with one attached hydrogen (secondary N) is 1. The van der Waals surface area contributed by atoms with E-state index in [2.05, 4.69) is 4.72 Å². The molecule has 3 N–H and O–H groups in total. The molecule has 9 heteroatoms. The van der Waals surface area contributed by atoms with E-state index in [1.54, 1.807) is 42.5 Å². The maximum atomic E-state index is 12.5. The molecule has 32 heavy (non-hydrogen) atoms. The van der Waals surface area contributed by atoms with Crippen LogP contribution in [-0.4, -0.2) is 14.2 Å². The van der Waals surface area contributed by atoms with Gasteiger partial charge in [-0.3, -0.25) is 9.52 Å². The smallest absolute Gasteiger partial charge is 0.263 e. The zero-order valence-corrected chi connectivity index (χ0v) is 18.6. The van der Waals surface area contributed by atoms with Crippen molar-refractivity contribution in [2.75, 3.05) is 10.5 Å². The lowest BCUT2D eigenvalue weighted by Gasteiger charge is -2.11. The molecular formula is C23H19ClN4O3S. The fourth-order valence-corrected chi connectivity index (χ4v) is 4.22. The van der Waals surface area contributed by atoms with Gasteiger partial charge in [-0.1, -0.05) is 29.8 Å². The van der Waals surface area contributed by atoms with E-state index in [-0.39, 0.29) is 27.8 Å². The first-order valence-electron chi connectivity index (χ1n) is 9.21. The number of benzene rings is 3. The van der Waals surface area contributed by atoms with Gasteiger partial charge in [0.25, 0.3) is 10.0 Å². The highest BCUT2D eigenvalue weighted by Gasteiger charge is 2.19. The Balaban J connectivity index is 0.000000336. The fourth-order valence-electron chi connectivity index (χ4n) is 2.62. The number of halogens is 1. The largest absolute Gasteiger partial charge is 0.399 e. The Kier molecular flexibility index (Phi) is 8.37. The fraction of sp³-hybridized carbons (Fsp3) is 0.0870. The molecule has 0 unspecified atom stereocenters. The SMILES string of the molecule is CC(=O)Cc1ccc(Cl)c(S(=O)(=O)Nc2cccc(C#N)c2)c1.N#Cc1cccc(N)c1. The van der Waals surface area contributed by atoms with Crippen LogP contribution in [0.1, 0.15) is 23.6 Å². The second-order valence-corrected chi connectivity index (χ2v) is 8.74. The summed E-state index contributed by atoms with van der Waals surface area (Å²) in [5.41, 5.74) is 7.78. The van der Waals surface area contributed by atoms with Crippen LogP contribution in [0.2, 0.25) is 5.02 Å². The van der Waals surface area contributed by atoms with E-state index < -0.39 is 10.0 Å². The minimum Gasteiger partial charge on any atom is -0.399 e. The van der Waals surface area contributed by atoms with Gasteiger partial charge in [0.1, 0.15) is 10.7 Å². The average Bonchev–Trinajstić information content (AvgIpc) is 2.75. The maximum Gasteiger partial charge on any atom is 0.263 e. The van der Waals surface area contributed by atoms with Crippen molar-refractivity contribution < 1.29 is 13.2 Å². The van der Waals surface area contributed by atoms with Gasteiger partial charge in [0.2, 0.25) is 0 Å².